The third-order valence-corrected chi connectivity index (χ3v) is 3.81. The standard InChI is InChI=1S/C14H17BrN2O3/c15-10-4-5-11(12(18)8-10)14(20)16-9-13(19)17-6-2-1-3-7-17/h4-5,8,18H,1-3,6-7,9H2,(H,16,20). The Bertz CT molecular complexity index is 513. The van der Waals surface area contributed by atoms with Crippen molar-refractivity contribution in [2.75, 3.05) is 19.6 Å². The minimum absolute atomic E-state index is 0.0334. The lowest BCUT2D eigenvalue weighted by Crippen LogP contribution is -2.42. The SMILES string of the molecule is O=C(NCC(=O)N1CCCCC1)c1ccc(Br)cc1O. The molecule has 1 saturated heterocycles. The Morgan fingerprint density at radius 2 is 1.95 bits per heavy atom. The lowest BCUT2D eigenvalue weighted by atomic mass is 10.1. The lowest BCUT2D eigenvalue weighted by Gasteiger charge is -2.26. The van der Waals surface area contributed by atoms with Gasteiger partial charge in [0.1, 0.15) is 5.75 Å². The third kappa shape index (κ3) is 3.72. The Labute approximate surface area is 126 Å². The van der Waals surface area contributed by atoms with E-state index in [1.165, 1.54) is 12.1 Å². The summed E-state index contributed by atoms with van der Waals surface area (Å²) in [7, 11) is 0. The van der Waals surface area contributed by atoms with Gasteiger partial charge in [-0.1, -0.05) is 15.9 Å². The molecule has 2 rings (SSSR count). The van der Waals surface area contributed by atoms with Gasteiger partial charge in [-0.15, -0.1) is 0 Å². The molecule has 2 amide bonds. The minimum Gasteiger partial charge on any atom is -0.507 e. The van der Waals surface area contributed by atoms with Crippen LogP contribution in [0.25, 0.3) is 0 Å². The van der Waals surface area contributed by atoms with Gasteiger partial charge in [0, 0.05) is 17.6 Å². The number of aromatic hydroxyl groups is 1. The van der Waals surface area contributed by atoms with Crippen molar-refractivity contribution in [2.24, 2.45) is 0 Å². The number of piperidine rings is 1. The minimum atomic E-state index is -0.444. The van der Waals surface area contributed by atoms with E-state index in [9.17, 15) is 14.7 Å². The summed E-state index contributed by atoms with van der Waals surface area (Å²) >= 11 is 3.21. The predicted octanol–water partition coefficient (Wildman–Crippen LogP) is 1.90. The molecule has 20 heavy (non-hydrogen) atoms. The highest BCUT2D eigenvalue weighted by Gasteiger charge is 2.18. The van der Waals surface area contributed by atoms with Gasteiger partial charge in [-0.2, -0.15) is 0 Å². The molecule has 1 aromatic carbocycles. The summed E-state index contributed by atoms with van der Waals surface area (Å²) in [4.78, 5) is 25.6. The molecule has 1 aliphatic heterocycles. The summed E-state index contributed by atoms with van der Waals surface area (Å²) in [5, 5.41) is 12.2. The fourth-order valence-corrected chi connectivity index (χ4v) is 2.55. The molecule has 6 heteroatoms. The first-order chi connectivity index (χ1) is 9.58. The van der Waals surface area contributed by atoms with Crippen LogP contribution in [0.15, 0.2) is 22.7 Å². The third-order valence-electron chi connectivity index (χ3n) is 3.31. The Morgan fingerprint density at radius 3 is 2.60 bits per heavy atom. The van der Waals surface area contributed by atoms with E-state index < -0.39 is 5.91 Å². The molecule has 1 fully saturated rings. The van der Waals surface area contributed by atoms with E-state index in [4.69, 9.17) is 0 Å². The zero-order valence-electron chi connectivity index (χ0n) is 11.1. The van der Waals surface area contributed by atoms with Crippen LogP contribution in [0.5, 0.6) is 5.75 Å². The summed E-state index contributed by atoms with van der Waals surface area (Å²) in [6.45, 7) is 1.49. The second-order valence-corrected chi connectivity index (χ2v) is 5.70. The van der Waals surface area contributed by atoms with Crippen LogP contribution >= 0.6 is 15.9 Å². The van der Waals surface area contributed by atoms with Crippen molar-refractivity contribution >= 4 is 27.7 Å². The molecule has 0 bridgehead atoms. The van der Waals surface area contributed by atoms with E-state index in [1.807, 2.05) is 0 Å². The largest absolute Gasteiger partial charge is 0.507 e. The highest BCUT2D eigenvalue weighted by Crippen LogP contribution is 2.22. The number of phenols is 1. The summed E-state index contributed by atoms with van der Waals surface area (Å²) in [6, 6.07) is 4.63. The summed E-state index contributed by atoms with van der Waals surface area (Å²) in [6.07, 6.45) is 3.20. The maximum atomic E-state index is 11.9. The maximum absolute atomic E-state index is 11.9. The van der Waals surface area contributed by atoms with E-state index in [2.05, 4.69) is 21.2 Å². The number of nitrogens with one attached hydrogen (secondary N) is 1. The number of amides is 2. The number of phenolic OH excluding ortho intramolecular Hbond substituents is 1. The first-order valence-electron chi connectivity index (χ1n) is 6.62. The number of carbonyl (C=O) groups is 2. The molecule has 0 aromatic heterocycles. The van der Waals surface area contributed by atoms with Crippen molar-refractivity contribution < 1.29 is 14.7 Å². The second-order valence-electron chi connectivity index (χ2n) is 4.79. The Balaban J connectivity index is 1.89. The topological polar surface area (TPSA) is 69.6 Å². The molecule has 0 radical (unpaired) electrons. The maximum Gasteiger partial charge on any atom is 0.255 e. The molecule has 0 unspecified atom stereocenters. The molecular weight excluding hydrogens is 324 g/mol. The van der Waals surface area contributed by atoms with Gasteiger partial charge in [-0.3, -0.25) is 9.59 Å². The molecular formula is C14H17BrN2O3. The molecule has 1 aromatic rings. The number of benzene rings is 1. The number of hydrogen-bond acceptors (Lipinski definition) is 3. The van der Waals surface area contributed by atoms with Gasteiger partial charge in [0.25, 0.3) is 5.91 Å². The molecule has 2 N–H and O–H groups in total. The van der Waals surface area contributed by atoms with Crippen LogP contribution in [0, 0.1) is 0 Å². The van der Waals surface area contributed by atoms with Gasteiger partial charge in [0.05, 0.1) is 12.1 Å². The number of nitrogens with zero attached hydrogens (tertiary/aromatic N) is 1. The number of halogens is 1. The molecule has 0 saturated carbocycles. The highest BCUT2D eigenvalue weighted by atomic mass is 79.9. The van der Waals surface area contributed by atoms with Crippen LogP contribution < -0.4 is 5.32 Å². The van der Waals surface area contributed by atoms with Crippen LogP contribution in [0.2, 0.25) is 0 Å². The second kappa shape index (κ2) is 6.74. The average molecular weight is 341 g/mol. The Hall–Kier alpha value is -1.56. The van der Waals surface area contributed by atoms with Crippen LogP contribution in [-0.2, 0) is 4.79 Å². The van der Waals surface area contributed by atoms with E-state index in [0.717, 1.165) is 32.4 Å². The zero-order chi connectivity index (χ0) is 14.5. The van der Waals surface area contributed by atoms with Gasteiger partial charge in [-0.05, 0) is 37.5 Å². The van der Waals surface area contributed by atoms with Gasteiger partial charge in [0.2, 0.25) is 5.91 Å². The summed E-state index contributed by atoms with van der Waals surface area (Å²) < 4.78 is 0.691. The van der Waals surface area contributed by atoms with E-state index >= 15 is 0 Å². The number of rotatable bonds is 3. The summed E-state index contributed by atoms with van der Waals surface area (Å²) in [5.74, 6) is -0.627. The Kier molecular flexibility index (Phi) is 5.00. The predicted molar refractivity (Wildman–Crippen MR) is 78.6 cm³/mol. The first-order valence-corrected chi connectivity index (χ1v) is 7.42. The van der Waals surface area contributed by atoms with Gasteiger partial charge < -0.3 is 15.3 Å². The fourth-order valence-electron chi connectivity index (χ4n) is 2.20. The molecule has 108 valence electrons. The molecule has 5 nitrogen and oxygen atoms in total. The summed E-state index contributed by atoms with van der Waals surface area (Å²) in [5.41, 5.74) is 0.166. The molecule has 0 spiro atoms. The monoisotopic (exact) mass is 340 g/mol. The van der Waals surface area contributed by atoms with E-state index in [1.54, 1.807) is 11.0 Å². The van der Waals surface area contributed by atoms with Crippen molar-refractivity contribution in [1.82, 2.24) is 10.2 Å². The quantitative estimate of drug-likeness (QED) is 0.882. The van der Waals surface area contributed by atoms with Crippen molar-refractivity contribution in [3.63, 3.8) is 0 Å². The van der Waals surface area contributed by atoms with Crippen molar-refractivity contribution in [1.29, 1.82) is 0 Å². The Morgan fingerprint density at radius 1 is 1.25 bits per heavy atom. The van der Waals surface area contributed by atoms with Crippen molar-refractivity contribution in [2.45, 2.75) is 19.3 Å². The van der Waals surface area contributed by atoms with E-state index in [0.29, 0.717) is 4.47 Å². The van der Waals surface area contributed by atoms with Gasteiger partial charge >= 0.3 is 0 Å². The smallest absolute Gasteiger partial charge is 0.255 e. The molecule has 0 atom stereocenters. The highest BCUT2D eigenvalue weighted by molar-refractivity contribution is 9.10. The normalized spacial score (nSPS) is 14.9. The van der Waals surface area contributed by atoms with Crippen LogP contribution in [0.3, 0.4) is 0 Å². The molecule has 1 aliphatic rings. The lowest BCUT2D eigenvalue weighted by molar-refractivity contribution is -0.130. The molecule has 1 heterocycles. The molecule has 0 aliphatic carbocycles. The number of carbonyl (C=O) groups excluding carboxylic acids is 2. The van der Waals surface area contributed by atoms with Crippen LogP contribution in [0.1, 0.15) is 29.6 Å². The van der Waals surface area contributed by atoms with Crippen molar-refractivity contribution in [3.8, 4) is 5.75 Å². The fraction of sp³-hybridized carbons (Fsp3) is 0.429. The number of likely N-dealkylation sites (tertiary alicyclic amines) is 1. The zero-order valence-corrected chi connectivity index (χ0v) is 12.6. The van der Waals surface area contributed by atoms with E-state index in [-0.39, 0.29) is 23.8 Å². The van der Waals surface area contributed by atoms with Gasteiger partial charge in [0.15, 0.2) is 0 Å². The average Bonchev–Trinajstić information content (AvgIpc) is 2.45. The number of hydrogen-bond donors (Lipinski definition) is 2. The van der Waals surface area contributed by atoms with Gasteiger partial charge in [-0.25, -0.2) is 0 Å². The first kappa shape index (κ1) is 14.8. The van der Waals surface area contributed by atoms with Crippen LogP contribution in [0.4, 0.5) is 0 Å². The van der Waals surface area contributed by atoms with Crippen molar-refractivity contribution in [3.05, 3.63) is 28.2 Å². The van der Waals surface area contributed by atoms with Crippen LogP contribution in [-0.4, -0.2) is 41.5 Å².